The molecule has 0 bridgehead atoms. The molecule has 5 rings (SSSR count). The van der Waals surface area contributed by atoms with Crippen LogP contribution in [-0.4, -0.2) is 27.7 Å². The zero-order valence-electron chi connectivity index (χ0n) is 16.9. The minimum Gasteiger partial charge on any atom is -0.494 e. The maximum atomic E-state index is 5.63. The van der Waals surface area contributed by atoms with Crippen LogP contribution in [0, 0.1) is 4.77 Å². The minimum atomic E-state index is 0.428. The molecule has 6 heteroatoms. The molecule has 0 saturated carbocycles. The zero-order valence-corrected chi connectivity index (χ0v) is 17.8. The lowest BCUT2D eigenvalue weighted by Crippen LogP contribution is -1.97. The number of aromatic nitrogens is 3. The Morgan fingerprint density at radius 3 is 2.39 bits per heavy atom. The summed E-state index contributed by atoms with van der Waals surface area (Å²) in [5.41, 5.74) is 1.92. The van der Waals surface area contributed by atoms with Gasteiger partial charge in [-0.05, 0) is 58.9 Å². The number of hydrogen-bond acceptors (Lipinski definition) is 4. The molecule has 1 aromatic heterocycles. The second-order valence-electron chi connectivity index (χ2n) is 7.10. The first-order valence-corrected chi connectivity index (χ1v) is 10.5. The molecule has 0 aliphatic rings. The Morgan fingerprint density at radius 1 is 0.968 bits per heavy atom. The van der Waals surface area contributed by atoms with Crippen LogP contribution in [0.2, 0.25) is 0 Å². The van der Waals surface area contributed by atoms with E-state index in [1.165, 1.54) is 10.8 Å². The fourth-order valence-corrected chi connectivity index (χ4v) is 3.96. The number of hydrogen-bond donors (Lipinski definition) is 1. The lowest BCUT2D eigenvalue weighted by Gasteiger charge is -2.08. The second kappa shape index (κ2) is 8.16. The molecule has 0 fully saturated rings. The molecule has 0 aliphatic carbocycles. The highest BCUT2D eigenvalue weighted by atomic mass is 32.1. The highest BCUT2D eigenvalue weighted by molar-refractivity contribution is 7.71. The Balaban J connectivity index is 1.66. The van der Waals surface area contributed by atoms with Gasteiger partial charge in [-0.15, -0.1) is 0 Å². The van der Waals surface area contributed by atoms with E-state index in [-0.39, 0.29) is 0 Å². The van der Waals surface area contributed by atoms with E-state index in [1.807, 2.05) is 61.7 Å². The van der Waals surface area contributed by atoms with Crippen molar-refractivity contribution >= 4 is 40.0 Å². The predicted octanol–water partition coefficient (Wildman–Crippen LogP) is 6.19. The van der Waals surface area contributed by atoms with E-state index in [0.29, 0.717) is 17.2 Å². The van der Waals surface area contributed by atoms with Gasteiger partial charge in [0.1, 0.15) is 5.75 Å². The minimum absolute atomic E-state index is 0.428. The van der Waals surface area contributed by atoms with Crippen molar-refractivity contribution in [3.8, 4) is 17.1 Å². The van der Waals surface area contributed by atoms with Crippen molar-refractivity contribution in [3.05, 3.63) is 89.2 Å². The highest BCUT2D eigenvalue weighted by Gasteiger charge is 2.10. The third-order valence-electron chi connectivity index (χ3n) is 5.17. The lowest BCUT2D eigenvalue weighted by molar-refractivity contribution is 0.340. The van der Waals surface area contributed by atoms with Crippen LogP contribution in [0.3, 0.4) is 0 Å². The van der Waals surface area contributed by atoms with Crippen molar-refractivity contribution in [3.63, 3.8) is 0 Å². The first-order chi connectivity index (χ1) is 15.2. The lowest BCUT2D eigenvalue weighted by atomic mass is 9.97. The summed E-state index contributed by atoms with van der Waals surface area (Å²) < 4.78 is 7.71. The molecule has 0 atom stereocenters. The fraction of sp³-hybridized carbons (Fsp3) is 0.0800. The number of nitrogens with zero attached hydrogens (tertiary/aromatic N) is 3. The topological polar surface area (TPSA) is 55.2 Å². The Bertz CT molecular complexity index is 1430. The summed E-state index contributed by atoms with van der Waals surface area (Å²) in [4.78, 5) is 0. The average molecular weight is 425 g/mol. The maximum Gasteiger partial charge on any atom is 0.216 e. The summed E-state index contributed by atoms with van der Waals surface area (Å²) in [5.74, 6) is 1.41. The molecule has 4 aromatic carbocycles. The number of nitrogens with one attached hydrogen (secondary N) is 1. The van der Waals surface area contributed by atoms with Crippen LogP contribution in [0.25, 0.3) is 32.9 Å². The standard InChI is InChI=1S/C25H20N4OS/c1-2-30-20-11-7-10-19(15-20)24-27-28-25(31)29(24)26-16-23-21-12-5-3-8-17(21)14-18-9-4-6-13-22(18)23/h3-16H,2H2,1H3,(H,28,31)/b26-16-. The zero-order chi connectivity index (χ0) is 21.2. The second-order valence-corrected chi connectivity index (χ2v) is 7.49. The maximum absolute atomic E-state index is 5.63. The summed E-state index contributed by atoms with van der Waals surface area (Å²) in [6.45, 7) is 2.56. The van der Waals surface area contributed by atoms with Gasteiger partial charge in [0, 0.05) is 11.1 Å². The number of benzene rings is 4. The third kappa shape index (κ3) is 3.62. The van der Waals surface area contributed by atoms with E-state index in [1.54, 1.807) is 4.68 Å². The predicted molar refractivity (Wildman–Crippen MR) is 128 cm³/mol. The van der Waals surface area contributed by atoms with E-state index in [9.17, 15) is 0 Å². The summed E-state index contributed by atoms with van der Waals surface area (Å²) in [5, 5.41) is 16.6. The summed E-state index contributed by atoms with van der Waals surface area (Å²) in [7, 11) is 0. The van der Waals surface area contributed by atoms with Crippen LogP contribution in [0.5, 0.6) is 5.75 Å². The van der Waals surface area contributed by atoms with Gasteiger partial charge in [0.2, 0.25) is 4.77 Å². The van der Waals surface area contributed by atoms with Crippen LogP contribution in [0.1, 0.15) is 12.5 Å². The molecular formula is C25H20N4OS. The fourth-order valence-electron chi connectivity index (χ4n) is 3.78. The first kappa shape index (κ1) is 19.2. The van der Waals surface area contributed by atoms with Gasteiger partial charge in [0.15, 0.2) is 5.82 Å². The molecule has 0 unspecified atom stereocenters. The molecule has 0 aliphatic heterocycles. The van der Waals surface area contributed by atoms with Crippen LogP contribution < -0.4 is 4.74 Å². The van der Waals surface area contributed by atoms with E-state index in [2.05, 4.69) is 40.5 Å². The summed E-state index contributed by atoms with van der Waals surface area (Å²) in [6.07, 6.45) is 1.87. The molecular weight excluding hydrogens is 404 g/mol. The van der Waals surface area contributed by atoms with Gasteiger partial charge in [-0.3, -0.25) is 0 Å². The van der Waals surface area contributed by atoms with Gasteiger partial charge in [-0.1, -0.05) is 60.7 Å². The van der Waals surface area contributed by atoms with Gasteiger partial charge >= 0.3 is 0 Å². The largest absolute Gasteiger partial charge is 0.494 e. The SMILES string of the molecule is CCOc1cccc(-c2n[nH]c(=S)n2/N=C\c2c3ccccc3cc3ccccc23)c1. The van der Waals surface area contributed by atoms with Crippen LogP contribution in [-0.2, 0) is 0 Å². The number of ether oxygens (including phenoxy) is 1. The Hall–Kier alpha value is -3.77. The average Bonchev–Trinajstić information content (AvgIpc) is 3.17. The number of aromatic amines is 1. The molecule has 5 aromatic rings. The summed E-state index contributed by atoms with van der Waals surface area (Å²) in [6, 6.07) is 26.6. The smallest absolute Gasteiger partial charge is 0.216 e. The van der Waals surface area contributed by atoms with E-state index in [4.69, 9.17) is 22.1 Å². The number of rotatable bonds is 5. The monoisotopic (exact) mass is 424 g/mol. The van der Waals surface area contributed by atoms with Crippen LogP contribution in [0.15, 0.2) is 84.0 Å². The third-order valence-corrected chi connectivity index (χ3v) is 5.43. The molecule has 1 heterocycles. The van der Waals surface area contributed by atoms with Crippen molar-refractivity contribution in [2.45, 2.75) is 6.92 Å². The van der Waals surface area contributed by atoms with Crippen molar-refractivity contribution in [1.82, 2.24) is 14.9 Å². The molecule has 0 radical (unpaired) electrons. The normalized spacial score (nSPS) is 11.5. The Morgan fingerprint density at radius 2 is 1.68 bits per heavy atom. The Labute approximate surface area is 184 Å². The molecule has 152 valence electrons. The molecule has 31 heavy (non-hydrogen) atoms. The van der Waals surface area contributed by atoms with Crippen molar-refractivity contribution in [2.75, 3.05) is 6.61 Å². The van der Waals surface area contributed by atoms with Gasteiger partial charge in [-0.2, -0.15) is 14.9 Å². The Kier molecular flexibility index (Phi) is 5.06. The quantitative estimate of drug-likeness (QED) is 0.208. The van der Waals surface area contributed by atoms with E-state index < -0.39 is 0 Å². The van der Waals surface area contributed by atoms with Gasteiger partial charge in [-0.25, -0.2) is 5.10 Å². The van der Waals surface area contributed by atoms with Gasteiger partial charge in [0.25, 0.3) is 0 Å². The van der Waals surface area contributed by atoms with Gasteiger partial charge < -0.3 is 4.74 Å². The van der Waals surface area contributed by atoms with Gasteiger partial charge in [0.05, 0.1) is 12.8 Å². The van der Waals surface area contributed by atoms with Crippen molar-refractivity contribution in [2.24, 2.45) is 5.10 Å². The highest BCUT2D eigenvalue weighted by Crippen LogP contribution is 2.28. The van der Waals surface area contributed by atoms with Crippen LogP contribution in [0.4, 0.5) is 0 Å². The summed E-state index contributed by atoms with van der Waals surface area (Å²) >= 11 is 5.46. The molecule has 0 amide bonds. The van der Waals surface area contributed by atoms with E-state index in [0.717, 1.165) is 27.6 Å². The van der Waals surface area contributed by atoms with Crippen LogP contribution >= 0.6 is 12.2 Å². The van der Waals surface area contributed by atoms with Crippen molar-refractivity contribution < 1.29 is 4.74 Å². The molecule has 0 spiro atoms. The first-order valence-electron chi connectivity index (χ1n) is 10.1. The number of fused-ring (bicyclic) bond motifs is 2. The molecule has 5 nitrogen and oxygen atoms in total. The molecule has 0 saturated heterocycles. The van der Waals surface area contributed by atoms with E-state index >= 15 is 0 Å². The van der Waals surface area contributed by atoms with Crippen molar-refractivity contribution in [1.29, 1.82) is 0 Å². The molecule has 1 N–H and O–H groups in total. The number of H-pyrrole nitrogens is 1.